The molecule has 0 aliphatic rings. The van der Waals surface area contributed by atoms with E-state index in [1.807, 2.05) is 42.7 Å². The number of rotatable bonds is 5. The van der Waals surface area contributed by atoms with Gasteiger partial charge in [0.15, 0.2) is 0 Å². The van der Waals surface area contributed by atoms with Crippen LogP contribution in [0.25, 0.3) is 0 Å². The number of para-hydroxylation sites is 1. The Balaban J connectivity index is 2.26. The number of benzene rings is 1. The summed E-state index contributed by atoms with van der Waals surface area (Å²) in [6, 6.07) is 9.73. The van der Waals surface area contributed by atoms with Crippen LogP contribution >= 0.6 is 11.8 Å². The summed E-state index contributed by atoms with van der Waals surface area (Å²) in [5.74, 6) is 0.826. The first-order chi connectivity index (χ1) is 10.0. The molecule has 2 rings (SSSR count). The first-order valence-electron chi connectivity index (χ1n) is 7.03. The molecule has 0 bridgehead atoms. The highest BCUT2D eigenvalue weighted by atomic mass is 32.2. The molecule has 112 valence electrons. The van der Waals surface area contributed by atoms with E-state index < -0.39 is 0 Å². The molecule has 0 aliphatic heterocycles. The molecule has 1 heterocycles. The number of aromatic nitrogens is 1. The van der Waals surface area contributed by atoms with E-state index in [4.69, 9.17) is 5.73 Å². The van der Waals surface area contributed by atoms with Gasteiger partial charge in [-0.05, 0) is 37.8 Å². The lowest BCUT2D eigenvalue weighted by Gasteiger charge is -2.14. The van der Waals surface area contributed by atoms with Gasteiger partial charge >= 0.3 is 0 Å². The average molecular weight is 303 g/mol. The molecule has 0 fully saturated rings. The minimum Gasteiger partial charge on any atom is -0.397 e. The van der Waals surface area contributed by atoms with Crippen LogP contribution < -0.4 is 11.1 Å². The SMILES string of the molecule is CCSc1ccccc1NC(=O)c1cc(N)cn1C(C)C. The van der Waals surface area contributed by atoms with Crippen LogP contribution in [0.5, 0.6) is 0 Å². The molecule has 0 spiro atoms. The van der Waals surface area contributed by atoms with Gasteiger partial charge in [0.05, 0.1) is 11.4 Å². The number of thioether (sulfide) groups is 1. The topological polar surface area (TPSA) is 60.1 Å². The van der Waals surface area contributed by atoms with E-state index in [9.17, 15) is 4.79 Å². The lowest BCUT2D eigenvalue weighted by atomic mass is 10.3. The van der Waals surface area contributed by atoms with Crippen molar-refractivity contribution in [3.63, 3.8) is 0 Å². The summed E-state index contributed by atoms with van der Waals surface area (Å²) < 4.78 is 1.89. The van der Waals surface area contributed by atoms with Crippen LogP contribution in [0, 0.1) is 0 Å². The van der Waals surface area contributed by atoms with Gasteiger partial charge in [-0.3, -0.25) is 4.79 Å². The number of nitrogens with zero attached hydrogens (tertiary/aromatic N) is 1. The number of carbonyl (C=O) groups is 1. The third-order valence-electron chi connectivity index (χ3n) is 3.09. The van der Waals surface area contributed by atoms with Crippen molar-refractivity contribution in [1.29, 1.82) is 0 Å². The minimum atomic E-state index is -0.135. The summed E-state index contributed by atoms with van der Waals surface area (Å²) in [7, 11) is 0. The van der Waals surface area contributed by atoms with E-state index >= 15 is 0 Å². The number of nitrogen functional groups attached to an aromatic ring is 1. The first kappa shape index (κ1) is 15.5. The number of nitrogens with one attached hydrogen (secondary N) is 1. The van der Waals surface area contributed by atoms with E-state index in [1.165, 1.54) is 0 Å². The standard InChI is InChI=1S/C16H21N3OS/c1-4-21-15-8-6-5-7-13(15)18-16(20)14-9-12(17)10-19(14)11(2)3/h5-11H,4,17H2,1-3H3,(H,18,20). The van der Waals surface area contributed by atoms with Crippen LogP contribution in [0.1, 0.15) is 37.3 Å². The van der Waals surface area contributed by atoms with Gasteiger partial charge in [-0.1, -0.05) is 19.1 Å². The Labute approximate surface area is 129 Å². The van der Waals surface area contributed by atoms with Crippen LogP contribution in [0.2, 0.25) is 0 Å². The Bertz CT molecular complexity index is 634. The highest BCUT2D eigenvalue weighted by Gasteiger charge is 2.16. The average Bonchev–Trinajstić information content (AvgIpc) is 2.84. The monoisotopic (exact) mass is 303 g/mol. The van der Waals surface area contributed by atoms with Crippen molar-refractivity contribution in [3.05, 3.63) is 42.2 Å². The van der Waals surface area contributed by atoms with E-state index in [0.717, 1.165) is 16.3 Å². The van der Waals surface area contributed by atoms with Gasteiger partial charge in [0.2, 0.25) is 0 Å². The highest BCUT2D eigenvalue weighted by molar-refractivity contribution is 7.99. The summed E-state index contributed by atoms with van der Waals surface area (Å²) in [6.45, 7) is 6.14. The highest BCUT2D eigenvalue weighted by Crippen LogP contribution is 2.27. The Morgan fingerprint density at radius 3 is 2.76 bits per heavy atom. The van der Waals surface area contributed by atoms with Crippen LogP contribution in [0.4, 0.5) is 11.4 Å². The van der Waals surface area contributed by atoms with E-state index in [1.54, 1.807) is 24.0 Å². The Morgan fingerprint density at radius 1 is 1.38 bits per heavy atom. The maximum atomic E-state index is 12.5. The predicted octanol–water partition coefficient (Wildman–Crippen LogP) is 4.02. The van der Waals surface area contributed by atoms with Crippen molar-refractivity contribution in [2.45, 2.75) is 31.7 Å². The van der Waals surface area contributed by atoms with E-state index in [-0.39, 0.29) is 11.9 Å². The van der Waals surface area contributed by atoms with Gasteiger partial charge in [0.1, 0.15) is 5.69 Å². The molecule has 0 atom stereocenters. The molecule has 0 unspecified atom stereocenters. The number of hydrogen-bond donors (Lipinski definition) is 2. The summed E-state index contributed by atoms with van der Waals surface area (Å²) in [5.41, 5.74) is 7.84. The largest absolute Gasteiger partial charge is 0.397 e. The number of hydrogen-bond acceptors (Lipinski definition) is 3. The summed E-state index contributed by atoms with van der Waals surface area (Å²) in [4.78, 5) is 13.6. The van der Waals surface area contributed by atoms with Gasteiger partial charge in [-0.15, -0.1) is 11.8 Å². The molecular weight excluding hydrogens is 282 g/mol. The fourth-order valence-electron chi connectivity index (χ4n) is 2.15. The summed E-state index contributed by atoms with van der Waals surface area (Å²) >= 11 is 1.71. The number of amides is 1. The van der Waals surface area contributed by atoms with Crippen molar-refractivity contribution >= 4 is 29.0 Å². The molecule has 0 saturated heterocycles. The van der Waals surface area contributed by atoms with Crippen molar-refractivity contribution in [2.24, 2.45) is 0 Å². The van der Waals surface area contributed by atoms with E-state index in [0.29, 0.717) is 11.4 Å². The third-order valence-corrected chi connectivity index (χ3v) is 4.05. The van der Waals surface area contributed by atoms with E-state index in [2.05, 4.69) is 12.2 Å². The zero-order valence-electron chi connectivity index (χ0n) is 12.6. The summed E-state index contributed by atoms with van der Waals surface area (Å²) in [5, 5.41) is 2.98. The van der Waals surface area contributed by atoms with Crippen LogP contribution in [-0.4, -0.2) is 16.2 Å². The van der Waals surface area contributed by atoms with Crippen molar-refractivity contribution in [2.75, 3.05) is 16.8 Å². The lowest BCUT2D eigenvalue weighted by Crippen LogP contribution is -2.18. The van der Waals surface area contributed by atoms with Crippen LogP contribution in [0.15, 0.2) is 41.4 Å². The van der Waals surface area contributed by atoms with Crippen LogP contribution in [0.3, 0.4) is 0 Å². The fourth-order valence-corrected chi connectivity index (χ4v) is 2.91. The van der Waals surface area contributed by atoms with Gasteiger partial charge < -0.3 is 15.6 Å². The molecule has 1 aromatic carbocycles. The zero-order valence-corrected chi connectivity index (χ0v) is 13.4. The molecule has 2 aromatic rings. The second-order valence-corrected chi connectivity index (χ2v) is 6.35. The van der Waals surface area contributed by atoms with Gasteiger partial charge in [-0.2, -0.15) is 0 Å². The lowest BCUT2D eigenvalue weighted by molar-refractivity contribution is 0.101. The molecule has 4 nitrogen and oxygen atoms in total. The molecule has 1 amide bonds. The third kappa shape index (κ3) is 3.61. The Kier molecular flexibility index (Phi) is 4.96. The number of carbonyl (C=O) groups excluding carboxylic acids is 1. The smallest absolute Gasteiger partial charge is 0.272 e. The number of anilines is 2. The second-order valence-electron chi connectivity index (χ2n) is 5.04. The van der Waals surface area contributed by atoms with Gasteiger partial charge in [-0.25, -0.2) is 0 Å². The molecule has 0 radical (unpaired) electrons. The molecule has 5 heteroatoms. The van der Waals surface area contributed by atoms with Crippen molar-refractivity contribution in [1.82, 2.24) is 4.57 Å². The molecule has 21 heavy (non-hydrogen) atoms. The normalized spacial score (nSPS) is 10.9. The zero-order chi connectivity index (χ0) is 15.4. The second kappa shape index (κ2) is 6.72. The maximum absolute atomic E-state index is 12.5. The first-order valence-corrected chi connectivity index (χ1v) is 8.02. The molecule has 0 saturated carbocycles. The quantitative estimate of drug-likeness (QED) is 0.820. The molecule has 3 N–H and O–H groups in total. The van der Waals surface area contributed by atoms with Crippen LogP contribution in [-0.2, 0) is 0 Å². The Morgan fingerprint density at radius 2 is 2.10 bits per heavy atom. The Hall–Kier alpha value is -1.88. The summed E-state index contributed by atoms with van der Waals surface area (Å²) in [6.07, 6.45) is 1.80. The van der Waals surface area contributed by atoms with Gasteiger partial charge in [0, 0.05) is 17.1 Å². The molecule has 0 aliphatic carbocycles. The predicted molar refractivity (Wildman–Crippen MR) is 90.0 cm³/mol. The molecule has 1 aromatic heterocycles. The molecular formula is C16H21N3OS. The maximum Gasteiger partial charge on any atom is 0.272 e. The van der Waals surface area contributed by atoms with Crippen molar-refractivity contribution in [3.8, 4) is 0 Å². The van der Waals surface area contributed by atoms with Gasteiger partial charge in [0.25, 0.3) is 5.91 Å². The number of nitrogens with two attached hydrogens (primary N) is 1. The minimum absolute atomic E-state index is 0.135. The van der Waals surface area contributed by atoms with Crippen molar-refractivity contribution < 1.29 is 4.79 Å². The fraction of sp³-hybridized carbons (Fsp3) is 0.312.